The molecule has 2 atom stereocenters. The van der Waals surface area contributed by atoms with E-state index in [0.29, 0.717) is 16.5 Å². The number of pyridine rings is 1. The van der Waals surface area contributed by atoms with Crippen LogP contribution in [0.4, 0.5) is 0 Å². The summed E-state index contributed by atoms with van der Waals surface area (Å²) in [6.07, 6.45) is -0.0711. The smallest absolute Gasteiger partial charge is 0.330 e. The van der Waals surface area contributed by atoms with E-state index >= 15 is 0 Å². The molecule has 3 aromatic rings. The van der Waals surface area contributed by atoms with Crippen molar-refractivity contribution in [3.8, 4) is 11.1 Å². The summed E-state index contributed by atoms with van der Waals surface area (Å²) >= 11 is 0. The molecule has 1 aromatic heterocycles. The van der Waals surface area contributed by atoms with E-state index in [2.05, 4.69) is 5.32 Å². The van der Waals surface area contributed by atoms with E-state index < -0.39 is 17.6 Å². The molecule has 166 valence electrons. The molecule has 3 rings (SSSR count). The maximum Gasteiger partial charge on any atom is 0.330 e. The summed E-state index contributed by atoms with van der Waals surface area (Å²) in [6, 6.07) is 16.4. The molecule has 7 heteroatoms. The minimum Gasteiger partial charge on any atom is -0.387 e. The number of nitrogens with zero attached hydrogens (tertiary/aromatic N) is 1. The number of aromatic nitrogens is 1. The Morgan fingerprint density at radius 1 is 1.10 bits per heavy atom. The van der Waals surface area contributed by atoms with Crippen molar-refractivity contribution < 1.29 is 14.7 Å². The molecule has 0 spiro atoms. The quantitative estimate of drug-likeness (QED) is 0.578. The molecule has 0 amide bonds. The summed E-state index contributed by atoms with van der Waals surface area (Å²) in [5.41, 5.74) is 2.30. The van der Waals surface area contributed by atoms with Gasteiger partial charge in [0, 0.05) is 36.0 Å². The summed E-state index contributed by atoms with van der Waals surface area (Å²) in [5.74, 6) is -0.595. The Morgan fingerprint density at radius 3 is 2.35 bits per heavy atom. The maximum absolute atomic E-state index is 12.6. The average Bonchev–Trinajstić information content (AvgIpc) is 2.73. The largest absolute Gasteiger partial charge is 0.387 e. The first-order valence-corrected chi connectivity index (χ1v) is 10.2. The average molecular weight is 445 g/mol. The SMILES string of the molecule is CCC(NC(C)C)C(O)c1ccc(-c2ccccc2)c2c1ccc(=O)n2OC(C)=O.Cl. The van der Waals surface area contributed by atoms with Crippen molar-refractivity contribution in [2.24, 2.45) is 0 Å². The van der Waals surface area contributed by atoms with Gasteiger partial charge in [-0.25, -0.2) is 4.79 Å². The van der Waals surface area contributed by atoms with Crippen molar-refractivity contribution in [3.05, 3.63) is 70.5 Å². The van der Waals surface area contributed by atoms with Crippen molar-refractivity contribution in [2.45, 2.75) is 52.3 Å². The van der Waals surface area contributed by atoms with Gasteiger partial charge in [0.25, 0.3) is 5.56 Å². The van der Waals surface area contributed by atoms with Crippen LogP contribution >= 0.6 is 12.4 Å². The lowest BCUT2D eigenvalue weighted by atomic mass is 9.92. The molecule has 0 saturated heterocycles. The molecule has 31 heavy (non-hydrogen) atoms. The van der Waals surface area contributed by atoms with Gasteiger partial charge in [0.05, 0.1) is 6.10 Å². The molecule has 0 bridgehead atoms. The van der Waals surface area contributed by atoms with E-state index in [9.17, 15) is 14.7 Å². The van der Waals surface area contributed by atoms with Crippen molar-refractivity contribution in [3.63, 3.8) is 0 Å². The molecule has 6 nitrogen and oxygen atoms in total. The monoisotopic (exact) mass is 444 g/mol. The van der Waals surface area contributed by atoms with Gasteiger partial charge in [-0.2, -0.15) is 0 Å². The number of halogens is 1. The van der Waals surface area contributed by atoms with Gasteiger partial charge in [-0.15, -0.1) is 17.1 Å². The molecule has 1 heterocycles. The van der Waals surface area contributed by atoms with Crippen LogP contribution in [0.3, 0.4) is 0 Å². The molecule has 0 aliphatic heterocycles. The highest BCUT2D eigenvalue weighted by atomic mass is 35.5. The number of hydrogen-bond acceptors (Lipinski definition) is 5. The number of fused-ring (bicyclic) bond motifs is 1. The van der Waals surface area contributed by atoms with Gasteiger partial charge in [-0.05, 0) is 23.6 Å². The Labute approximate surface area is 188 Å². The zero-order valence-corrected chi connectivity index (χ0v) is 19.0. The highest BCUT2D eigenvalue weighted by Crippen LogP contribution is 2.34. The van der Waals surface area contributed by atoms with Crippen LogP contribution in [0.1, 0.15) is 45.8 Å². The third-order valence-electron chi connectivity index (χ3n) is 5.04. The fraction of sp³-hybridized carbons (Fsp3) is 0.333. The van der Waals surface area contributed by atoms with Crippen molar-refractivity contribution in [2.75, 3.05) is 0 Å². The fourth-order valence-electron chi connectivity index (χ4n) is 3.76. The fourth-order valence-corrected chi connectivity index (χ4v) is 3.76. The number of aliphatic hydroxyl groups excluding tert-OH is 1. The summed E-state index contributed by atoms with van der Waals surface area (Å²) < 4.78 is 1.02. The Kier molecular flexibility index (Phi) is 8.39. The van der Waals surface area contributed by atoms with Crippen LogP contribution in [0.2, 0.25) is 0 Å². The Bertz CT molecular complexity index is 1100. The number of rotatable bonds is 7. The zero-order chi connectivity index (χ0) is 21.8. The number of carbonyl (C=O) groups excluding carboxylic acids is 1. The highest BCUT2D eigenvalue weighted by molar-refractivity contribution is 5.96. The third kappa shape index (κ3) is 5.34. The van der Waals surface area contributed by atoms with E-state index in [-0.39, 0.29) is 24.5 Å². The third-order valence-corrected chi connectivity index (χ3v) is 5.04. The lowest BCUT2D eigenvalue weighted by molar-refractivity contribution is -0.141. The second-order valence-electron chi connectivity index (χ2n) is 7.66. The van der Waals surface area contributed by atoms with E-state index in [1.165, 1.54) is 13.0 Å². The number of nitrogens with one attached hydrogen (secondary N) is 1. The Morgan fingerprint density at radius 2 is 1.77 bits per heavy atom. The second-order valence-corrected chi connectivity index (χ2v) is 7.66. The minimum atomic E-state index is -0.798. The molecular formula is C24H29ClN2O4. The predicted molar refractivity (Wildman–Crippen MR) is 125 cm³/mol. The number of hydrogen-bond donors (Lipinski definition) is 2. The molecule has 0 radical (unpaired) electrons. The molecule has 0 aliphatic rings. The van der Waals surface area contributed by atoms with E-state index in [1.54, 1.807) is 6.07 Å². The van der Waals surface area contributed by atoms with Gasteiger partial charge < -0.3 is 15.3 Å². The first-order valence-electron chi connectivity index (χ1n) is 10.2. The van der Waals surface area contributed by atoms with Crippen LogP contribution in [0.25, 0.3) is 22.0 Å². The minimum absolute atomic E-state index is 0. The van der Waals surface area contributed by atoms with Gasteiger partial charge in [-0.3, -0.25) is 4.79 Å². The van der Waals surface area contributed by atoms with Crippen molar-refractivity contribution in [1.29, 1.82) is 0 Å². The standard InChI is InChI=1S/C24H28N2O4.ClH/c1-5-21(25-15(2)3)24(29)20-12-11-18(17-9-7-6-8-10-17)23-19(20)13-14-22(28)26(23)30-16(4)27;/h6-15,21,24-25,29H,5H2,1-4H3;1H. The zero-order valence-electron chi connectivity index (χ0n) is 18.2. The molecule has 2 unspecified atom stereocenters. The van der Waals surface area contributed by atoms with Gasteiger partial charge in [0.15, 0.2) is 0 Å². The summed E-state index contributed by atoms with van der Waals surface area (Å²) in [5, 5.41) is 15.2. The normalized spacial score (nSPS) is 13.0. The molecular weight excluding hydrogens is 416 g/mol. The molecule has 0 fully saturated rings. The van der Waals surface area contributed by atoms with Crippen molar-refractivity contribution in [1.82, 2.24) is 10.0 Å². The molecule has 2 aromatic carbocycles. The van der Waals surface area contributed by atoms with Gasteiger partial charge in [0.1, 0.15) is 5.52 Å². The summed E-state index contributed by atoms with van der Waals surface area (Å²) in [4.78, 5) is 29.6. The highest BCUT2D eigenvalue weighted by Gasteiger charge is 2.24. The van der Waals surface area contributed by atoms with Gasteiger partial charge in [0.2, 0.25) is 0 Å². The van der Waals surface area contributed by atoms with E-state index in [1.807, 2.05) is 63.2 Å². The van der Waals surface area contributed by atoms with Crippen LogP contribution < -0.4 is 15.7 Å². The first-order chi connectivity index (χ1) is 14.3. The Balaban J connectivity index is 0.00000341. The van der Waals surface area contributed by atoms with Gasteiger partial charge >= 0.3 is 5.97 Å². The van der Waals surface area contributed by atoms with E-state index in [4.69, 9.17) is 4.84 Å². The van der Waals surface area contributed by atoms with Crippen LogP contribution in [0.15, 0.2) is 59.4 Å². The Hall–Kier alpha value is -2.67. The van der Waals surface area contributed by atoms with E-state index in [0.717, 1.165) is 22.3 Å². The second kappa shape index (κ2) is 10.6. The van der Waals surface area contributed by atoms with Crippen molar-refractivity contribution >= 4 is 29.3 Å². The number of aliphatic hydroxyl groups is 1. The van der Waals surface area contributed by atoms with Crippen LogP contribution in [0.5, 0.6) is 0 Å². The van der Waals surface area contributed by atoms with Gasteiger partial charge in [-0.1, -0.05) is 63.2 Å². The molecule has 2 N–H and O–H groups in total. The van der Waals surface area contributed by atoms with Crippen LogP contribution in [-0.4, -0.2) is 27.9 Å². The molecule has 0 aliphatic carbocycles. The predicted octanol–water partition coefficient (Wildman–Crippen LogP) is 3.88. The molecule has 0 saturated carbocycles. The summed E-state index contributed by atoms with van der Waals surface area (Å²) in [6.45, 7) is 7.33. The lowest BCUT2D eigenvalue weighted by Crippen LogP contribution is -2.39. The number of benzene rings is 2. The maximum atomic E-state index is 12.6. The van der Waals surface area contributed by atoms with Crippen LogP contribution in [-0.2, 0) is 4.79 Å². The van der Waals surface area contributed by atoms with Crippen LogP contribution in [0, 0.1) is 0 Å². The topological polar surface area (TPSA) is 80.6 Å². The first kappa shape index (κ1) is 24.6. The number of carbonyl (C=O) groups is 1. The lowest BCUT2D eigenvalue weighted by Gasteiger charge is -2.27. The summed E-state index contributed by atoms with van der Waals surface area (Å²) in [7, 11) is 0.